The average molecular weight is 897 g/mol. The van der Waals surface area contributed by atoms with E-state index in [2.05, 4.69) is 67.8 Å². The molecule has 0 aromatic heterocycles. The molecular formula is C57H104N2O5. The zero-order chi connectivity index (χ0) is 46.7. The average Bonchev–Trinajstić information content (AvgIpc) is 3.28. The number of carboxylic acids is 1. The molecule has 2 unspecified atom stereocenters. The van der Waals surface area contributed by atoms with Crippen LogP contribution >= 0.6 is 0 Å². The Hall–Kier alpha value is -2.67. The highest BCUT2D eigenvalue weighted by atomic mass is 16.5. The molecule has 0 bridgehead atoms. The third-order valence-corrected chi connectivity index (χ3v) is 12.4. The number of carbonyl (C=O) groups is 3. The van der Waals surface area contributed by atoms with E-state index in [1.165, 1.54) is 148 Å². The lowest BCUT2D eigenvalue weighted by molar-refractivity contribution is -0.150. The predicted octanol–water partition coefficient (Wildman–Crippen LogP) is 16.7. The number of nitrogens with one attached hydrogen (secondary N) is 1. The minimum absolute atomic E-state index is 0.0131. The van der Waals surface area contributed by atoms with E-state index < -0.39 is 12.0 Å². The summed E-state index contributed by atoms with van der Waals surface area (Å²) in [6.07, 6.45) is 64.6. The number of amides is 1. The molecule has 64 heavy (non-hydrogen) atoms. The van der Waals surface area contributed by atoms with Crippen molar-refractivity contribution < 1.29 is 24.2 Å². The van der Waals surface area contributed by atoms with E-state index in [4.69, 9.17) is 10.5 Å². The predicted molar refractivity (Wildman–Crippen MR) is 276 cm³/mol. The monoisotopic (exact) mass is 897 g/mol. The van der Waals surface area contributed by atoms with Crippen LogP contribution in [0.25, 0.3) is 0 Å². The van der Waals surface area contributed by atoms with E-state index in [1.54, 1.807) is 0 Å². The van der Waals surface area contributed by atoms with Crippen molar-refractivity contribution in [3.8, 4) is 0 Å². The van der Waals surface area contributed by atoms with Crippen LogP contribution < -0.4 is 11.1 Å². The van der Waals surface area contributed by atoms with E-state index >= 15 is 0 Å². The van der Waals surface area contributed by atoms with Gasteiger partial charge in [0.05, 0.1) is 0 Å². The van der Waals surface area contributed by atoms with Gasteiger partial charge in [0.15, 0.2) is 0 Å². The van der Waals surface area contributed by atoms with Crippen molar-refractivity contribution in [1.82, 2.24) is 5.32 Å². The standard InChI is InChI=1S/C57H104N2O5/c1-3-5-7-9-11-13-15-17-19-20-21-22-23-24-25-26-28-30-32-34-36-41-45-51-56(61)64-53(47-42-38-35-33-31-29-27-18-16-14-12-10-8-6-4-2)48-43-39-37-40-44-50-55(60)59-54(57(62)63)49-46-52-58/h15-18,20-21,29,31,53-54H,3-14,19,22-28,30,32-52,58H2,1-2H3,(H,59,60)(H,62,63)/b17-15-,18-16-,21-20-,31-29-. The van der Waals surface area contributed by atoms with Crippen molar-refractivity contribution in [2.24, 2.45) is 5.73 Å². The number of esters is 1. The number of carboxylic acid groups (broad SMARTS) is 1. The lowest BCUT2D eigenvalue weighted by Gasteiger charge is -2.18. The fraction of sp³-hybridized carbons (Fsp3) is 0.807. The lowest BCUT2D eigenvalue weighted by Crippen LogP contribution is -2.40. The Balaban J connectivity index is 4.26. The summed E-state index contributed by atoms with van der Waals surface area (Å²) >= 11 is 0. The van der Waals surface area contributed by atoms with Gasteiger partial charge in [0, 0.05) is 12.8 Å². The van der Waals surface area contributed by atoms with Gasteiger partial charge in [-0.15, -0.1) is 0 Å². The van der Waals surface area contributed by atoms with Crippen LogP contribution in [0.3, 0.4) is 0 Å². The maximum absolute atomic E-state index is 12.9. The van der Waals surface area contributed by atoms with E-state index in [0.717, 1.165) is 89.9 Å². The molecule has 0 aliphatic rings. The van der Waals surface area contributed by atoms with Gasteiger partial charge in [0.25, 0.3) is 0 Å². The van der Waals surface area contributed by atoms with Crippen molar-refractivity contribution >= 4 is 17.8 Å². The Morgan fingerprint density at radius 1 is 0.453 bits per heavy atom. The van der Waals surface area contributed by atoms with Gasteiger partial charge in [-0.05, 0) is 122 Å². The molecule has 0 aliphatic carbocycles. The molecule has 0 aromatic carbocycles. The van der Waals surface area contributed by atoms with Crippen LogP contribution in [0.2, 0.25) is 0 Å². The number of hydrogen-bond acceptors (Lipinski definition) is 5. The van der Waals surface area contributed by atoms with Crippen LogP contribution in [0.5, 0.6) is 0 Å². The van der Waals surface area contributed by atoms with E-state index in [1.807, 2.05) is 0 Å². The van der Waals surface area contributed by atoms with Crippen molar-refractivity contribution in [2.75, 3.05) is 6.54 Å². The molecule has 2 atom stereocenters. The fourth-order valence-corrected chi connectivity index (χ4v) is 8.22. The van der Waals surface area contributed by atoms with E-state index in [0.29, 0.717) is 32.2 Å². The van der Waals surface area contributed by atoms with Crippen LogP contribution in [0.1, 0.15) is 277 Å². The Labute approximate surface area is 396 Å². The van der Waals surface area contributed by atoms with Crippen LogP contribution in [0.4, 0.5) is 0 Å². The van der Waals surface area contributed by atoms with Gasteiger partial charge in [-0.3, -0.25) is 9.59 Å². The van der Waals surface area contributed by atoms with E-state index in [9.17, 15) is 19.5 Å². The Bertz CT molecular complexity index is 1150. The largest absolute Gasteiger partial charge is 0.480 e. The molecule has 0 rings (SSSR count). The number of allylic oxidation sites excluding steroid dienone is 8. The molecule has 7 nitrogen and oxygen atoms in total. The first-order valence-corrected chi connectivity index (χ1v) is 27.5. The minimum atomic E-state index is -1.00. The van der Waals surface area contributed by atoms with Gasteiger partial charge in [-0.25, -0.2) is 4.79 Å². The van der Waals surface area contributed by atoms with E-state index in [-0.39, 0.29) is 18.0 Å². The molecule has 7 heteroatoms. The van der Waals surface area contributed by atoms with Crippen molar-refractivity contribution in [3.63, 3.8) is 0 Å². The number of nitrogens with two attached hydrogens (primary N) is 1. The van der Waals surface area contributed by atoms with Crippen LogP contribution in [0, 0.1) is 0 Å². The fourth-order valence-electron chi connectivity index (χ4n) is 8.22. The zero-order valence-corrected chi connectivity index (χ0v) is 42.1. The molecule has 0 radical (unpaired) electrons. The van der Waals surface area contributed by atoms with Gasteiger partial charge >= 0.3 is 11.9 Å². The number of hydrogen-bond donors (Lipinski definition) is 3. The SMILES string of the molecule is CCCCCCC/C=C\C/C=C\CCCCCCCCCCCCCC(=O)OC(CCCCC/C=C\C/C=C\CCCCCCC)CCCCCCCC(=O)NC(CCCN)C(=O)O. The van der Waals surface area contributed by atoms with Crippen molar-refractivity contribution in [2.45, 2.75) is 289 Å². The number of rotatable bonds is 50. The normalized spacial score (nSPS) is 12.9. The van der Waals surface area contributed by atoms with Crippen LogP contribution in [-0.2, 0) is 19.1 Å². The molecule has 0 aliphatic heterocycles. The zero-order valence-electron chi connectivity index (χ0n) is 42.1. The first-order valence-electron chi connectivity index (χ1n) is 27.5. The summed E-state index contributed by atoms with van der Waals surface area (Å²) in [5.41, 5.74) is 5.51. The summed E-state index contributed by atoms with van der Waals surface area (Å²) < 4.78 is 6.09. The second kappa shape index (κ2) is 51.3. The molecular weight excluding hydrogens is 793 g/mol. The van der Waals surface area contributed by atoms with Gasteiger partial charge < -0.3 is 20.9 Å². The van der Waals surface area contributed by atoms with Crippen molar-refractivity contribution in [3.05, 3.63) is 48.6 Å². The van der Waals surface area contributed by atoms with Crippen LogP contribution in [0.15, 0.2) is 48.6 Å². The Morgan fingerprint density at radius 3 is 1.22 bits per heavy atom. The number of aliphatic carboxylic acids is 1. The highest BCUT2D eigenvalue weighted by Gasteiger charge is 2.19. The van der Waals surface area contributed by atoms with Gasteiger partial charge in [-0.2, -0.15) is 0 Å². The number of carbonyl (C=O) groups excluding carboxylic acids is 2. The molecule has 4 N–H and O–H groups in total. The highest BCUT2D eigenvalue weighted by molar-refractivity contribution is 5.83. The number of unbranched alkanes of at least 4 members (excludes halogenated alkanes) is 28. The molecule has 0 saturated heterocycles. The quantitative estimate of drug-likeness (QED) is 0.0318. The summed E-state index contributed by atoms with van der Waals surface area (Å²) in [4.78, 5) is 36.6. The van der Waals surface area contributed by atoms with Gasteiger partial charge in [0.1, 0.15) is 12.1 Å². The molecule has 0 spiro atoms. The summed E-state index contributed by atoms with van der Waals surface area (Å²) in [7, 11) is 0. The Kier molecular flexibility index (Phi) is 49.2. The third kappa shape index (κ3) is 47.3. The van der Waals surface area contributed by atoms with Crippen molar-refractivity contribution in [1.29, 1.82) is 0 Å². The van der Waals surface area contributed by atoms with Gasteiger partial charge in [0.2, 0.25) is 5.91 Å². The smallest absolute Gasteiger partial charge is 0.326 e. The van der Waals surface area contributed by atoms with Gasteiger partial charge in [-0.1, -0.05) is 197 Å². The topological polar surface area (TPSA) is 119 Å². The highest BCUT2D eigenvalue weighted by Crippen LogP contribution is 2.19. The number of ether oxygens (including phenoxy) is 1. The summed E-state index contributed by atoms with van der Waals surface area (Å²) in [5, 5.41) is 12.0. The molecule has 0 saturated carbocycles. The summed E-state index contributed by atoms with van der Waals surface area (Å²) in [5.74, 6) is -1.24. The molecule has 0 heterocycles. The summed E-state index contributed by atoms with van der Waals surface area (Å²) in [6.45, 7) is 4.95. The Morgan fingerprint density at radius 2 is 0.812 bits per heavy atom. The second-order valence-electron chi connectivity index (χ2n) is 18.6. The summed E-state index contributed by atoms with van der Waals surface area (Å²) in [6, 6.07) is -0.861. The third-order valence-electron chi connectivity index (χ3n) is 12.4. The maximum atomic E-state index is 12.9. The molecule has 0 aromatic rings. The minimum Gasteiger partial charge on any atom is -0.480 e. The molecule has 1 amide bonds. The lowest BCUT2D eigenvalue weighted by atomic mass is 10.0. The first-order chi connectivity index (χ1) is 31.4. The molecule has 0 fully saturated rings. The second-order valence-corrected chi connectivity index (χ2v) is 18.6. The molecule has 372 valence electrons. The first kappa shape index (κ1) is 61.3. The maximum Gasteiger partial charge on any atom is 0.326 e. The van der Waals surface area contributed by atoms with Crippen LogP contribution in [-0.4, -0.2) is 41.6 Å².